The molecule has 0 spiro atoms. The molecule has 0 radical (unpaired) electrons. The summed E-state index contributed by atoms with van der Waals surface area (Å²) in [7, 11) is 1.80. The third kappa shape index (κ3) is 1.32. The minimum absolute atomic E-state index is 0.473. The number of rotatable bonds is 2. The van der Waals surface area contributed by atoms with Gasteiger partial charge in [-0.25, -0.2) is 0 Å². The Morgan fingerprint density at radius 3 is 2.67 bits per heavy atom. The largest absolute Gasteiger partial charge is 0.481 e. The molecule has 0 fully saturated rings. The molecule has 0 aliphatic carbocycles. The molecule has 0 bridgehead atoms. The first kappa shape index (κ1) is 8.77. The number of carboxylic acid groups (broad SMARTS) is 1. The van der Waals surface area contributed by atoms with Crippen LogP contribution in [0.5, 0.6) is 0 Å². The van der Waals surface area contributed by atoms with Crippen LogP contribution in [0.25, 0.3) is 0 Å². The van der Waals surface area contributed by atoms with Gasteiger partial charge in [-0.2, -0.15) is 5.10 Å². The van der Waals surface area contributed by atoms with Crippen LogP contribution in [0.1, 0.15) is 24.1 Å². The fraction of sp³-hybridized carbons (Fsp3) is 0.500. The Bertz CT molecular complexity index is 304. The molecular formula is C8H12N2O2. The van der Waals surface area contributed by atoms with Crippen molar-refractivity contribution in [3.8, 4) is 0 Å². The lowest BCUT2D eigenvalue weighted by Crippen LogP contribution is -2.08. The van der Waals surface area contributed by atoms with Crippen LogP contribution in [-0.4, -0.2) is 20.9 Å². The summed E-state index contributed by atoms with van der Waals surface area (Å²) in [6.07, 6.45) is 1.61. The van der Waals surface area contributed by atoms with Crippen molar-refractivity contribution in [3.63, 3.8) is 0 Å². The van der Waals surface area contributed by atoms with Crippen LogP contribution < -0.4 is 0 Å². The molecule has 1 heterocycles. The maximum atomic E-state index is 10.6. The zero-order valence-corrected chi connectivity index (χ0v) is 7.40. The quantitative estimate of drug-likeness (QED) is 0.714. The van der Waals surface area contributed by atoms with E-state index < -0.39 is 11.9 Å². The third-order valence-corrected chi connectivity index (χ3v) is 2.11. The van der Waals surface area contributed by atoms with Crippen LogP contribution in [0.3, 0.4) is 0 Å². The van der Waals surface area contributed by atoms with Crippen LogP contribution in [0, 0.1) is 6.92 Å². The molecule has 0 amide bonds. The molecule has 1 atom stereocenters. The number of hydrogen-bond acceptors (Lipinski definition) is 2. The Labute approximate surface area is 70.8 Å². The van der Waals surface area contributed by atoms with Gasteiger partial charge in [0.2, 0.25) is 0 Å². The van der Waals surface area contributed by atoms with E-state index in [4.69, 9.17) is 5.11 Å². The van der Waals surface area contributed by atoms with Crippen LogP contribution >= 0.6 is 0 Å². The van der Waals surface area contributed by atoms with E-state index in [1.165, 1.54) is 0 Å². The van der Waals surface area contributed by atoms with Gasteiger partial charge in [0.05, 0.1) is 12.1 Å². The zero-order valence-electron chi connectivity index (χ0n) is 7.40. The van der Waals surface area contributed by atoms with E-state index in [9.17, 15) is 4.79 Å². The fourth-order valence-corrected chi connectivity index (χ4v) is 1.07. The highest BCUT2D eigenvalue weighted by Gasteiger charge is 2.17. The van der Waals surface area contributed by atoms with E-state index in [0.29, 0.717) is 0 Å². The lowest BCUT2D eigenvalue weighted by atomic mass is 10.0. The predicted octanol–water partition coefficient (Wildman–Crippen LogP) is 0.917. The summed E-state index contributed by atoms with van der Waals surface area (Å²) in [6.45, 7) is 3.52. The number of carboxylic acids is 1. The maximum Gasteiger partial charge on any atom is 0.310 e. The second kappa shape index (κ2) is 2.97. The number of aryl methyl sites for hydroxylation is 1. The van der Waals surface area contributed by atoms with E-state index in [2.05, 4.69) is 5.10 Å². The molecule has 66 valence electrons. The molecule has 0 saturated heterocycles. The molecule has 1 aromatic heterocycles. The molecular weight excluding hydrogens is 156 g/mol. The van der Waals surface area contributed by atoms with Gasteiger partial charge in [-0.15, -0.1) is 0 Å². The molecule has 0 aromatic carbocycles. The van der Waals surface area contributed by atoms with Crippen molar-refractivity contribution in [1.29, 1.82) is 0 Å². The van der Waals surface area contributed by atoms with Gasteiger partial charge in [-0.1, -0.05) is 0 Å². The molecule has 1 rings (SSSR count). The highest BCUT2D eigenvalue weighted by Crippen LogP contribution is 2.18. The van der Waals surface area contributed by atoms with E-state index in [0.717, 1.165) is 11.3 Å². The molecule has 0 aliphatic rings. The maximum absolute atomic E-state index is 10.6. The Morgan fingerprint density at radius 1 is 1.75 bits per heavy atom. The Balaban J connectivity index is 3.03. The van der Waals surface area contributed by atoms with E-state index in [-0.39, 0.29) is 0 Å². The molecule has 4 heteroatoms. The second-order valence-electron chi connectivity index (χ2n) is 2.87. The first-order valence-electron chi connectivity index (χ1n) is 3.75. The minimum atomic E-state index is -0.814. The average molecular weight is 168 g/mol. The van der Waals surface area contributed by atoms with Crippen LogP contribution in [0.15, 0.2) is 6.20 Å². The summed E-state index contributed by atoms with van der Waals surface area (Å²) in [4.78, 5) is 10.6. The lowest BCUT2D eigenvalue weighted by Gasteiger charge is -2.04. The van der Waals surface area contributed by atoms with E-state index >= 15 is 0 Å². The predicted molar refractivity (Wildman–Crippen MR) is 44.0 cm³/mol. The summed E-state index contributed by atoms with van der Waals surface area (Å²) in [5.74, 6) is -1.29. The molecule has 1 N–H and O–H groups in total. The van der Waals surface area contributed by atoms with Crippen molar-refractivity contribution in [3.05, 3.63) is 17.5 Å². The average Bonchev–Trinajstić information content (AvgIpc) is 2.32. The van der Waals surface area contributed by atoms with Crippen molar-refractivity contribution in [2.75, 3.05) is 0 Å². The van der Waals surface area contributed by atoms with Crippen LogP contribution in [0.4, 0.5) is 0 Å². The normalized spacial score (nSPS) is 12.9. The van der Waals surface area contributed by atoms with Crippen molar-refractivity contribution in [2.24, 2.45) is 7.05 Å². The molecule has 0 aliphatic heterocycles. The standard InChI is InChI=1S/C8H12N2O2/c1-5(8(11)12)7-4-9-10(3)6(7)2/h4-5H,1-3H3,(H,11,12). The van der Waals surface area contributed by atoms with Gasteiger partial charge in [-0.3, -0.25) is 9.48 Å². The van der Waals surface area contributed by atoms with Crippen molar-refractivity contribution in [2.45, 2.75) is 19.8 Å². The number of aliphatic carboxylic acids is 1. The molecule has 0 saturated carbocycles. The third-order valence-electron chi connectivity index (χ3n) is 2.11. The summed E-state index contributed by atoms with van der Waals surface area (Å²) < 4.78 is 1.68. The summed E-state index contributed by atoms with van der Waals surface area (Å²) in [5.41, 5.74) is 1.69. The molecule has 1 unspecified atom stereocenters. The number of hydrogen-bond donors (Lipinski definition) is 1. The van der Waals surface area contributed by atoms with Gasteiger partial charge in [0.1, 0.15) is 0 Å². The number of aromatic nitrogens is 2. The van der Waals surface area contributed by atoms with Crippen molar-refractivity contribution < 1.29 is 9.90 Å². The molecule has 1 aromatic rings. The highest BCUT2D eigenvalue weighted by atomic mass is 16.4. The summed E-state index contributed by atoms with van der Waals surface area (Å²) in [5, 5.41) is 12.7. The SMILES string of the molecule is Cc1c(C(C)C(=O)O)cnn1C. The minimum Gasteiger partial charge on any atom is -0.481 e. The topological polar surface area (TPSA) is 55.1 Å². The number of carbonyl (C=O) groups is 1. The van der Waals surface area contributed by atoms with Gasteiger partial charge in [0, 0.05) is 18.3 Å². The lowest BCUT2D eigenvalue weighted by molar-refractivity contribution is -0.138. The van der Waals surface area contributed by atoms with Gasteiger partial charge in [0.25, 0.3) is 0 Å². The number of nitrogens with zero attached hydrogens (tertiary/aromatic N) is 2. The van der Waals surface area contributed by atoms with Crippen molar-refractivity contribution in [1.82, 2.24) is 9.78 Å². The summed E-state index contributed by atoms with van der Waals surface area (Å²) in [6, 6.07) is 0. The fourth-order valence-electron chi connectivity index (χ4n) is 1.07. The Kier molecular flexibility index (Phi) is 2.17. The van der Waals surface area contributed by atoms with Crippen LogP contribution in [-0.2, 0) is 11.8 Å². The van der Waals surface area contributed by atoms with Gasteiger partial charge in [0.15, 0.2) is 0 Å². The second-order valence-corrected chi connectivity index (χ2v) is 2.87. The van der Waals surface area contributed by atoms with E-state index in [1.54, 1.807) is 24.9 Å². The zero-order chi connectivity index (χ0) is 9.30. The first-order valence-corrected chi connectivity index (χ1v) is 3.75. The Morgan fingerprint density at radius 2 is 2.33 bits per heavy atom. The molecule has 4 nitrogen and oxygen atoms in total. The monoisotopic (exact) mass is 168 g/mol. The Hall–Kier alpha value is -1.32. The van der Waals surface area contributed by atoms with Crippen molar-refractivity contribution >= 4 is 5.97 Å². The molecule has 12 heavy (non-hydrogen) atoms. The smallest absolute Gasteiger partial charge is 0.310 e. The van der Waals surface area contributed by atoms with Crippen LogP contribution in [0.2, 0.25) is 0 Å². The summed E-state index contributed by atoms with van der Waals surface area (Å²) >= 11 is 0. The van der Waals surface area contributed by atoms with Gasteiger partial charge >= 0.3 is 5.97 Å². The first-order chi connectivity index (χ1) is 5.54. The van der Waals surface area contributed by atoms with Gasteiger partial charge in [-0.05, 0) is 13.8 Å². The van der Waals surface area contributed by atoms with E-state index in [1.807, 2.05) is 6.92 Å². The highest BCUT2D eigenvalue weighted by molar-refractivity contribution is 5.75. The van der Waals surface area contributed by atoms with Gasteiger partial charge < -0.3 is 5.11 Å².